The minimum Gasteiger partial charge on any atom is -0.475 e. The van der Waals surface area contributed by atoms with Crippen molar-refractivity contribution in [1.29, 1.82) is 0 Å². The van der Waals surface area contributed by atoms with Gasteiger partial charge in [0, 0.05) is 11.6 Å². The van der Waals surface area contributed by atoms with Gasteiger partial charge in [0.2, 0.25) is 6.10 Å². The van der Waals surface area contributed by atoms with Crippen LogP contribution in [0.2, 0.25) is 0 Å². The number of rotatable bonds is 5. The number of carbonyl (C=O) groups is 1. The smallest absolute Gasteiger partial charge is 0.266 e. The first-order valence-corrected chi connectivity index (χ1v) is 8.21. The monoisotopic (exact) mass is 359 g/mol. The number of amides is 1. The van der Waals surface area contributed by atoms with Crippen LogP contribution in [0.1, 0.15) is 30.1 Å². The summed E-state index contributed by atoms with van der Waals surface area (Å²) >= 11 is 3.50. The summed E-state index contributed by atoms with van der Waals surface area (Å²) in [7, 11) is 0. The average Bonchev–Trinajstić information content (AvgIpc) is 3.31. The van der Waals surface area contributed by atoms with Gasteiger partial charge in [-0.1, -0.05) is 36.4 Å². The largest absolute Gasteiger partial charge is 0.475 e. The minimum atomic E-state index is -0.638. The normalized spacial score (nSPS) is 15.2. The molecule has 0 aromatic heterocycles. The van der Waals surface area contributed by atoms with Crippen LogP contribution in [0.15, 0.2) is 53.0 Å². The zero-order valence-electron chi connectivity index (χ0n) is 12.4. The summed E-state index contributed by atoms with van der Waals surface area (Å²) in [6.07, 6.45) is 1.48. The standard InChI is InChI=1S/C18H18BrNO2/c1-12-7-10-16(15(19)11-12)22-17(13-5-3-2-4-6-13)18(21)20-14-8-9-14/h2-7,10-11,14,17H,8-9H2,1H3,(H,20,21). The van der Waals surface area contributed by atoms with Gasteiger partial charge in [-0.2, -0.15) is 0 Å². The Bertz CT molecular complexity index is 668. The molecular weight excluding hydrogens is 342 g/mol. The van der Waals surface area contributed by atoms with Crippen LogP contribution in [0.4, 0.5) is 0 Å². The lowest BCUT2D eigenvalue weighted by molar-refractivity contribution is -0.128. The fourth-order valence-electron chi connectivity index (χ4n) is 2.23. The predicted molar refractivity (Wildman–Crippen MR) is 89.9 cm³/mol. The Kier molecular flexibility index (Phi) is 4.48. The van der Waals surface area contributed by atoms with Gasteiger partial charge in [0.05, 0.1) is 4.47 Å². The topological polar surface area (TPSA) is 38.3 Å². The highest BCUT2D eigenvalue weighted by Crippen LogP contribution is 2.31. The predicted octanol–water partition coefficient (Wildman–Crippen LogP) is 4.16. The number of aryl methyl sites for hydroxylation is 1. The fourth-order valence-corrected chi connectivity index (χ4v) is 2.82. The molecule has 1 aliphatic rings. The lowest BCUT2D eigenvalue weighted by Gasteiger charge is -2.20. The van der Waals surface area contributed by atoms with Crippen LogP contribution in [0, 0.1) is 6.92 Å². The maximum absolute atomic E-state index is 12.5. The van der Waals surface area contributed by atoms with E-state index in [0.717, 1.165) is 28.4 Å². The van der Waals surface area contributed by atoms with Gasteiger partial charge in [0.25, 0.3) is 5.91 Å². The van der Waals surface area contributed by atoms with Crippen molar-refractivity contribution in [2.75, 3.05) is 0 Å². The molecule has 0 bridgehead atoms. The molecule has 3 rings (SSSR count). The molecule has 0 radical (unpaired) electrons. The van der Waals surface area contributed by atoms with Crippen LogP contribution in [0.3, 0.4) is 0 Å². The maximum Gasteiger partial charge on any atom is 0.266 e. The lowest BCUT2D eigenvalue weighted by Crippen LogP contribution is -2.33. The van der Waals surface area contributed by atoms with Gasteiger partial charge in [-0.3, -0.25) is 4.79 Å². The zero-order chi connectivity index (χ0) is 15.5. The second-order valence-electron chi connectivity index (χ2n) is 5.63. The van der Waals surface area contributed by atoms with Crippen LogP contribution in [0.25, 0.3) is 0 Å². The average molecular weight is 360 g/mol. The molecule has 2 aromatic carbocycles. The molecule has 1 amide bonds. The Morgan fingerprint density at radius 1 is 1.23 bits per heavy atom. The molecule has 0 aliphatic heterocycles. The highest BCUT2D eigenvalue weighted by molar-refractivity contribution is 9.10. The van der Waals surface area contributed by atoms with Crippen molar-refractivity contribution in [1.82, 2.24) is 5.32 Å². The molecule has 22 heavy (non-hydrogen) atoms. The third-order valence-electron chi connectivity index (χ3n) is 3.60. The summed E-state index contributed by atoms with van der Waals surface area (Å²) in [5.74, 6) is 0.589. The van der Waals surface area contributed by atoms with Gasteiger partial charge >= 0.3 is 0 Å². The van der Waals surface area contributed by atoms with Crippen molar-refractivity contribution in [2.45, 2.75) is 31.9 Å². The molecule has 1 saturated carbocycles. The molecule has 114 valence electrons. The number of ether oxygens (including phenoxy) is 1. The van der Waals surface area contributed by atoms with E-state index in [1.807, 2.05) is 55.5 Å². The number of carbonyl (C=O) groups excluding carboxylic acids is 1. The first-order valence-electron chi connectivity index (χ1n) is 7.41. The van der Waals surface area contributed by atoms with Gasteiger partial charge in [-0.05, 0) is 53.4 Å². The van der Waals surface area contributed by atoms with Crippen LogP contribution < -0.4 is 10.1 Å². The second kappa shape index (κ2) is 6.53. The third kappa shape index (κ3) is 3.69. The number of hydrogen-bond acceptors (Lipinski definition) is 2. The maximum atomic E-state index is 12.5. The minimum absolute atomic E-state index is 0.0822. The summed E-state index contributed by atoms with van der Waals surface area (Å²) < 4.78 is 6.87. The van der Waals surface area contributed by atoms with E-state index in [9.17, 15) is 4.79 Å². The van der Waals surface area contributed by atoms with E-state index in [1.165, 1.54) is 0 Å². The van der Waals surface area contributed by atoms with E-state index in [-0.39, 0.29) is 5.91 Å². The van der Waals surface area contributed by atoms with Crippen molar-refractivity contribution in [3.63, 3.8) is 0 Å². The highest BCUT2D eigenvalue weighted by atomic mass is 79.9. The third-order valence-corrected chi connectivity index (χ3v) is 4.22. The number of halogens is 1. The lowest BCUT2D eigenvalue weighted by atomic mass is 10.1. The van der Waals surface area contributed by atoms with E-state index < -0.39 is 6.10 Å². The molecule has 0 spiro atoms. The molecule has 1 aliphatic carbocycles. The van der Waals surface area contributed by atoms with Crippen molar-refractivity contribution >= 4 is 21.8 Å². The van der Waals surface area contributed by atoms with Crippen LogP contribution >= 0.6 is 15.9 Å². The van der Waals surface area contributed by atoms with E-state index in [2.05, 4.69) is 21.2 Å². The first-order chi connectivity index (χ1) is 10.6. The van der Waals surface area contributed by atoms with Crippen LogP contribution in [0.5, 0.6) is 5.75 Å². The van der Waals surface area contributed by atoms with Crippen LogP contribution in [-0.2, 0) is 4.79 Å². The van der Waals surface area contributed by atoms with Crippen molar-refractivity contribution in [3.8, 4) is 5.75 Å². The summed E-state index contributed by atoms with van der Waals surface area (Å²) in [5.41, 5.74) is 1.99. The van der Waals surface area contributed by atoms with Gasteiger partial charge in [0.15, 0.2) is 0 Å². The summed E-state index contributed by atoms with van der Waals surface area (Å²) in [4.78, 5) is 12.5. The Morgan fingerprint density at radius 2 is 1.95 bits per heavy atom. The summed E-state index contributed by atoms with van der Waals surface area (Å²) in [5, 5.41) is 3.02. The van der Waals surface area contributed by atoms with E-state index >= 15 is 0 Å². The molecule has 2 aromatic rings. The molecule has 3 nitrogen and oxygen atoms in total. The first kappa shape index (κ1) is 15.1. The Morgan fingerprint density at radius 3 is 2.59 bits per heavy atom. The van der Waals surface area contributed by atoms with E-state index in [4.69, 9.17) is 4.74 Å². The molecule has 1 fully saturated rings. The summed E-state index contributed by atoms with van der Waals surface area (Å²) in [6.45, 7) is 2.02. The summed E-state index contributed by atoms with van der Waals surface area (Å²) in [6, 6.07) is 15.8. The fraction of sp³-hybridized carbons (Fsp3) is 0.278. The van der Waals surface area contributed by atoms with E-state index in [1.54, 1.807) is 0 Å². The van der Waals surface area contributed by atoms with Gasteiger partial charge in [-0.15, -0.1) is 0 Å². The van der Waals surface area contributed by atoms with Gasteiger partial charge in [0.1, 0.15) is 5.75 Å². The molecule has 1 N–H and O–H groups in total. The van der Waals surface area contributed by atoms with Crippen molar-refractivity contribution in [3.05, 3.63) is 64.1 Å². The SMILES string of the molecule is Cc1ccc(OC(C(=O)NC2CC2)c2ccccc2)c(Br)c1. The van der Waals surface area contributed by atoms with E-state index in [0.29, 0.717) is 11.8 Å². The number of hydrogen-bond donors (Lipinski definition) is 1. The highest BCUT2D eigenvalue weighted by Gasteiger charge is 2.29. The molecule has 1 unspecified atom stereocenters. The molecule has 4 heteroatoms. The number of nitrogens with one attached hydrogen (secondary N) is 1. The second-order valence-corrected chi connectivity index (χ2v) is 6.48. The molecule has 0 heterocycles. The zero-order valence-corrected chi connectivity index (χ0v) is 14.0. The Balaban J connectivity index is 1.85. The molecule has 1 atom stereocenters. The van der Waals surface area contributed by atoms with Crippen LogP contribution in [-0.4, -0.2) is 11.9 Å². The van der Waals surface area contributed by atoms with Gasteiger partial charge in [-0.25, -0.2) is 0 Å². The van der Waals surface area contributed by atoms with Gasteiger partial charge < -0.3 is 10.1 Å². The van der Waals surface area contributed by atoms with Crippen molar-refractivity contribution < 1.29 is 9.53 Å². The molecule has 0 saturated heterocycles. The van der Waals surface area contributed by atoms with Crippen molar-refractivity contribution in [2.24, 2.45) is 0 Å². The number of benzene rings is 2. The Labute approximate surface area is 138 Å². The quantitative estimate of drug-likeness (QED) is 0.870. The molecular formula is C18H18BrNO2. The Hall–Kier alpha value is -1.81.